The number of halogens is 1. The van der Waals surface area contributed by atoms with E-state index >= 15 is 0 Å². The molecule has 0 radical (unpaired) electrons. The van der Waals surface area contributed by atoms with E-state index in [4.69, 9.17) is 4.42 Å². The number of carbonyl (C=O) groups is 2. The Kier molecular flexibility index (Phi) is 5.67. The third kappa shape index (κ3) is 4.00. The standard InChI is InChI=1S/C20H22FN5O3S/c1-13-17(18(27)23-11-16-22-7-10-29-16)30-20(24(13)2)26-9-8-25(19(26)28)12-14-3-5-15(21)6-4-14/h3-7,10,20H,8-9,11-12H2,1-2H3,(H,23,27). The number of nitrogens with zero attached hydrogens (tertiary/aromatic N) is 4. The van der Waals surface area contributed by atoms with E-state index < -0.39 is 0 Å². The molecule has 1 N–H and O–H groups in total. The molecule has 8 nitrogen and oxygen atoms in total. The van der Waals surface area contributed by atoms with Gasteiger partial charge in [0.15, 0.2) is 5.50 Å². The van der Waals surface area contributed by atoms with E-state index in [0.717, 1.165) is 11.3 Å². The maximum Gasteiger partial charge on any atom is 0.322 e. The number of rotatable bonds is 6. The molecular weight excluding hydrogens is 409 g/mol. The molecule has 1 atom stereocenters. The van der Waals surface area contributed by atoms with Gasteiger partial charge in [-0.3, -0.25) is 9.69 Å². The summed E-state index contributed by atoms with van der Waals surface area (Å²) in [5, 5.41) is 2.80. The zero-order valence-electron chi connectivity index (χ0n) is 16.7. The SMILES string of the molecule is CC1=C(C(=O)NCc2ncco2)SC(N2CCN(Cc3ccc(F)cc3)C2=O)N1C. The first-order chi connectivity index (χ1) is 14.4. The fourth-order valence-corrected chi connectivity index (χ4v) is 4.77. The molecule has 1 aromatic heterocycles. The van der Waals surface area contributed by atoms with Crippen LogP contribution in [0.1, 0.15) is 18.4 Å². The lowest BCUT2D eigenvalue weighted by Crippen LogP contribution is -2.43. The molecule has 2 aliphatic heterocycles. The smallest absolute Gasteiger partial charge is 0.322 e. The lowest BCUT2D eigenvalue weighted by molar-refractivity contribution is -0.117. The molecule has 3 amide bonds. The molecule has 0 spiro atoms. The molecule has 1 fully saturated rings. The predicted molar refractivity (Wildman–Crippen MR) is 109 cm³/mol. The van der Waals surface area contributed by atoms with Crippen LogP contribution in [-0.2, 0) is 17.9 Å². The second kappa shape index (κ2) is 8.39. The molecule has 30 heavy (non-hydrogen) atoms. The molecule has 4 rings (SSSR count). The van der Waals surface area contributed by atoms with Crippen LogP contribution in [-0.4, -0.2) is 57.3 Å². The zero-order valence-corrected chi connectivity index (χ0v) is 17.5. The summed E-state index contributed by atoms with van der Waals surface area (Å²) < 4.78 is 18.3. The number of urea groups is 1. The first-order valence-electron chi connectivity index (χ1n) is 9.51. The Morgan fingerprint density at radius 1 is 1.33 bits per heavy atom. The Balaban J connectivity index is 1.38. The molecule has 0 saturated carbocycles. The number of thioether (sulfide) groups is 1. The van der Waals surface area contributed by atoms with Crippen molar-refractivity contribution in [1.82, 2.24) is 25.0 Å². The van der Waals surface area contributed by atoms with E-state index in [1.54, 1.807) is 21.9 Å². The van der Waals surface area contributed by atoms with Gasteiger partial charge in [-0.1, -0.05) is 23.9 Å². The van der Waals surface area contributed by atoms with Crippen LogP contribution in [0.2, 0.25) is 0 Å². The number of hydrogen-bond acceptors (Lipinski definition) is 6. The Morgan fingerprint density at radius 3 is 2.80 bits per heavy atom. The summed E-state index contributed by atoms with van der Waals surface area (Å²) in [4.78, 5) is 35.6. The Hall–Kier alpha value is -3.01. The van der Waals surface area contributed by atoms with Gasteiger partial charge in [-0.25, -0.2) is 14.2 Å². The number of nitrogens with one attached hydrogen (secondary N) is 1. The molecule has 1 unspecified atom stereocenters. The van der Waals surface area contributed by atoms with Gasteiger partial charge in [0, 0.05) is 32.4 Å². The van der Waals surface area contributed by atoms with E-state index in [9.17, 15) is 14.0 Å². The minimum atomic E-state index is -0.299. The van der Waals surface area contributed by atoms with Crippen LogP contribution in [0.25, 0.3) is 0 Å². The van der Waals surface area contributed by atoms with Gasteiger partial charge in [-0.05, 0) is 24.6 Å². The van der Waals surface area contributed by atoms with Crippen molar-refractivity contribution in [1.29, 1.82) is 0 Å². The normalized spacial score (nSPS) is 19.2. The van der Waals surface area contributed by atoms with Gasteiger partial charge >= 0.3 is 6.03 Å². The topological polar surface area (TPSA) is 81.9 Å². The number of hydrogen-bond donors (Lipinski definition) is 1. The average molecular weight is 431 g/mol. The molecule has 158 valence electrons. The highest BCUT2D eigenvalue weighted by molar-refractivity contribution is 8.04. The second-order valence-electron chi connectivity index (χ2n) is 7.10. The van der Waals surface area contributed by atoms with Crippen LogP contribution in [0, 0.1) is 5.82 Å². The van der Waals surface area contributed by atoms with E-state index in [1.165, 1.54) is 36.4 Å². The van der Waals surface area contributed by atoms with Gasteiger partial charge in [0.25, 0.3) is 5.91 Å². The van der Waals surface area contributed by atoms with Crippen LogP contribution >= 0.6 is 11.8 Å². The van der Waals surface area contributed by atoms with Crippen molar-refractivity contribution in [3.05, 3.63) is 64.6 Å². The summed E-state index contributed by atoms with van der Waals surface area (Å²) in [6.45, 7) is 3.62. The molecule has 1 saturated heterocycles. The number of benzene rings is 1. The third-order valence-corrected chi connectivity index (χ3v) is 6.68. The van der Waals surface area contributed by atoms with Crippen molar-refractivity contribution in [3.63, 3.8) is 0 Å². The highest BCUT2D eigenvalue weighted by atomic mass is 32.2. The van der Waals surface area contributed by atoms with Crippen LogP contribution in [0.5, 0.6) is 0 Å². The molecule has 2 aromatic rings. The molecule has 3 heterocycles. The molecule has 0 aliphatic carbocycles. The summed E-state index contributed by atoms with van der Waals surface area (Å²) in [6.07, 6.45) is 2.98. The molecule has 1 aromatic carbocycles. The van der Waals surface area contributed by atoms with Crippen molar-refractivity contribution >= 4 is 23.7 Å². The van der Waals surface area contributed by atoms with E-state index in [1.807, 2.05) is 18.9 Å². The van der Waals surface area contributed by atoms with Crippen molar-refractivity contribution < 1.29 is 18.4 Å². The zero-order chi connectivity index (χ0) is 21.3. The minimum absolute atomic E-state index is 0.0991. The van der Waals surface area contributed by atoms with E-state index in [2.05, 4.69) is 10.3 Å². The summed E-state index contributed by atoms with van der Waals surface area (Å²) in [6, 6.07) is 6.06. The average Bonchev–Trinajstić information content (AvgIpc) is 3.45. The first-order valence-corrected chi connectivity index (χ1v) is 10.4. The lowest BCUT2D eigenvalue weighted by atomic mass is 10.2. The summed E-state index contributed by atoms with van der Waals surface area (Å²) in [7, 11) is 1.87. The fraction of sp³-hybridized carbons (Fsp3) is 0.350. The van der Waals surface area contributed by atoms with Gasteiger partial charge in [0.05, 0.1) is 17.6 Å². The quantitative estimate of drug-likeness (QED) is 0.757. The van der Waals surface area contributed by atoms with Crippen LogP contribution in [0.3, 0.4) is 0 Å². The highest BCUT2D eigenvalue weighted by Gasteiger charge is 2.41. The second-order valence-corrected chi connectivity index (χ2v) is 8.17. The van der Waals surface area contributed by atoms with Crippen molar-refractivity contribution in [3.8, 4) is 0 Å². The van der Waals surface area contributed by atoms with Crippen LogP contribution in [0.4, 0.5) is 9.18 Å². The first kappa shape index (κ1) is 20.3. The molecule has 10 heteroatoms. The third-order valence-electron chi connectivity index (χ3n) is 5.18. The largest absolute Gasteiger partial charge is 0.447 e. The Morgan fingerprint density at radius 2 is 2.10 bits per heavy atom. The summed E-state index contributed by atoms with van der Waals surface area (Å²) in [5.41, 5.74) is 1.39. The number of allylic oxidation sites excluding steroid dienone is 1. The summed E-state index contributed by atoms with van der Waals surface area (Å²) in [5.74, 6) is -0.0900. The predicted octanol–water partition coefficient (Wildman–Crippen LogP) is 2.56. The summed E-state index contributed by atoms with van der Waals surface area (Å²) >= 11 is 1.35. The minimum Gasteiger partial charge on any atom is -0.447 e. The van der Waals surface area contributed by atoms with Crippen molar-refractivity contribution in [2.45, 2.75) is 25.5 Å². The Bertz CT molecular complexity index is 963. The van der Waals surface area contributed by atoms with Crippen molar-refractivity contribution in [2.75, 3.05) is 20.1 Å². The Labute approximate surface area is 177 Å². The highest BCUT2D eigenvalue weighted by Crippen LogP contribution is 2.40. The lowest BCUT2D eigenvalue weighted by Gasteiger charge is -2.30. The number of amides is 3. The number of aromatic nitrogens is 1. The van der Waals surface area contributed by atoms with Crippen molar-refractivity contribution in [2.24, 2.45) is 0 Å². The van der Waals surface area contributed by atoms with Crippen LogP contribution < -0.4 is 5.32 Å². The van der Waals surface area contributed by atoms with Gasteiger partial charge in [-0.15, -0.1) is 0 Å². The van der Waals surface area contributed by atoms with Gasteiger partial charge in [0.2, 0.25) is 5.89 Å². The fourth-order valence-electron chi connectivity index (χ4n) is 3.43. The van der Waals surface area contributed by atoms with E-state index in [0.29, 0.717) is 30.4 Å². The maximum absolute atomic E-state index is 13.1. The van der Waals surface area contributed by atoms with Gasteiger partial charge in [0.1, 0.15) is 12.1 Å². The van der Waals surface area contributed by atoms with Gasteiger partial charge < -0.3 is 19.5 Å². The number of oxazole rings is 1. The van der Waals surface area contributed by atoms with Gasteiger partial charge in [-0.2, -0.15) is 0 Å². The number of carbonyl (C=O) groups excluding carboxylic acids is 2. The van der Waals surface area contributed by atoms with Crippen LogP contribution in [0.15, 0.2) is 51.7 Å². The monoisotopic (exact) mass is 431 g/mol. The maximum atomic E-state index is 13.1. The molecule has 2 aliphatic rings. The molecule has 0 bridgehead atoms. The van der Waals surface area contributed by atoms with E-state index in [-0.39, 0.29) is 29.8 Å². The molecular formula is C20H22FN5O3S.